The van der Waals surface area contributed by atoms with Gasteiger partial charge in [0.25, 0.3) is 11.8 Å². The first kappa shape index (κ1) is 21.5. The van der Waals surface area contributed by atoms with E-state index >= 15 is 0 Å². The van der Waals surface area contributed by atoms with E-state index in [1.54, 1.807) is 42.5 Å². The van der Waals surface area contributed by atoms with Crippen LogP contribution in [-0.4, -0.2) is 30.1 Å². The molecule has 0 unspecified atom stereocenters. The molecule has 2 amide bonds. The SMILES string of the molecule is CCOc1cccc(N2C(=O)/C(=C\c3ccc(OCC(C)C)cc3)C(=O)NC2=S)c1. The summed E-state index contributed by atoms with van der Waals surface area (Å²) in [6.45, 7) is 7.15. The summed E-state index contributed by atoms with van der Waals surface area (Å²) in [5.41, 5.74) is 1.24. The standard InChI is InChI=1S/C23H24N2O4S/c1-4-28-19-7-5-6-17(13-19)25-22(27)20(21(26)24-23(25)30)12-16-8-10-18(11-9-16)29-14-15(2)3/h5-13,15H,4,14H2,1-3H3,(H,24,26,30)/b20-12-. The number of hydrogen-bond donors (Lipinski definition) is 1. The number of carbonyl (C=O) groups excluding carboxylic acids is 2. The van der Waals surface area contributed by atoms with Crippen LogP contribution in [0.15, 0.2) is 54.1 Å². The summed E-state index contributed by atoms with van der Waals surface area (Å²) >= 11 is 5.24. The zero-order valence-electron chi connectivity index (χ0n) is 17.2. The molecule has 1 fully saturated rings. The molecule has 1 heterocycles. The van der Waals surface area contributed by atoms with Crippen LogP contribution in [0.4, 0.5) is 5.69 Å². The van der Waals surface area contributed by atoms with Crippen LogP contribution >= 0.6 is 12.2 Å². The largest absolute Gasteiger partial charge is 0.494 e. The average molecular weight is 425 g/mol. The first-order chi connectivity index (χ1) is 14.4. The third-order valence-corrected chi connectivity index (χ3v) is 4.55. The average Bonchev–Trinajstić information content (AvgIpc) is 2.71. The number of thiocarbonyl (C=S) groups is 1. The topological polar surface area (TPSA) is 67.9 Å². The van der Waals surface area contributed by atoms with Crippen LogP contribution in [0.25, 0.3) is 6.08 Å². The fourth-order valence-electron chi connectivity index (χ4n) is 2.86. The highest BCUT2D eigenvalue weighted by atomic mass is 32.1. The van der Waals surface area contributed by atoms with Gasteiger partial charge in [0.15, 0.2) is 5.11 Å². The molecule has 0 atom stereocenters. The molecule has 30 heavy (non-hydrogen) atoms. The lowest BCUT2D eigenvalue weighted by Crippen LogP contribution is -2.54. The lowest BCUT2D eigenvalue weighted by atomic mass is 10.1. The van der Waals surface area contributed by atoms with Crippen LogP contribution in [-0.2, 0) is 9.59 Å². The van der Waals surface area contributed by atoms with Crippen molar-refractivity contribution in [3.05, 3.63) is 59.7 Å². The number of amides is 2. The Balaban J connectivity index is 1.86. The van der Waals surface area contributed by atoms with E-state index in [-0.39, 0.29) is 10.7 Å². The van der Waals surface area contributed by atoms with E-state index in [4.69, 9.17) is 21.7 Å². The molecule has 7 heteroatoms. The molecule has 0 radical (unpaired) electrons. The number of carbonyl (C=O) groups is 2. The van der Waals surface area contributed by atoms with Crippen molar-refractivity contribution in [2.45, 2.75) is 20.8 Å². The smallest absolute Gasteiger partial charge is 0.270 e. The lowest BCUT2D eigenvalue weighted by molar-refractivity contribution is -0.122. The molecule has 2 aromatic carbocycles. The van der Waals surface area contributed by atoms with E-state index in [0.717, 1.165) is 5.75 Å². The highest BCUT2D eigenvalue weighted by Crippen LogP contribution is 2.26. The van der Waals surface area contributed by atoms with Crippen molar-refractivity contribution in [2.24, 2.45) is 5.92 Å². The predicted molar refractivity (Wildman–Crippen MR) is 121 cm³/mol. The minimum Gasteiger partial charge on any atom is -0.494 e. The second kappa shape index (κ2) is 9.54. The Morgan fingerprint density at radius 2 is 1.80 bits per heavy atom. The molecule has 1 aliphatic heterocycles. The lowest BCUT2D eigenvalue weighted by Gasteiger charge is -2.29. The first-order valence-corrected chi connectivity index (χ1v) is 10.2. The van der Waals surface area contributed by atoms with Gasteiger partial charge < -0.3 is 9.47 Å². The number of hydrogen-bond acceptors (Lipinski definition) is 5. The van der Waals surface area contributed by atoms with E-state index in [1.807, 2.05) is 19.1 Å². The van der Waals surface area contributed by atoms with Crippen molar-refractivity contribution in [2.75, 3.05) is 18.1 Å². The Labute approximate surface area is 181 Å². The Morgan fingerprint density at radius 1 is 1.07 bits per heavy atom. The normalized spacial score (nSPS) is 15.5. The van der Waals surface area contributed by atoms with E-state index < -0.39 is 11.8 Å². The van der Waals surface area contributed by atoms with Gasteiger partial charge in [0, 0.05) is 6.07 Å². The molecule has 2 aromatic rings. The fourth-order valence-corrected chi connectivity index (χ4v) is 3.14. The van der Waals surface area contributed by atoms with Crippen molar-refractivity contribution in [1.82, 2.24) is 5.32 Å². The molecular weight excluding hydrogens is 400 g/mol. The molecule has 1 N–H and O–H groups in total. The maximum absolute atomic E-state index is 13.1. The number of ether oxygens (including phenoxy) is 2. The summed E-state index contributed by atoms with van der Waals surface area (Å²) < 4.78 is 11.2. The molecular formula is C23H24N2O4S. The summed E-state index contributed by atoms with van der Waals surface area (Å²) in [6, 6.07) is 14.2. The zero-order valence-corrected chi connectivity index (χ0v) is 18.0. The van der Waals surface area contributed by atoms with Crippen molar-refractivity contribution in [3.63, 3.8) is 0 Å². The van der Waals surface area contributed by atoms with Crippen LogP contribution < -0.4 is 19.7 Å². The van der Waals surface area contributed by atoms with E-state index in [9.17, 15) is 9.59 Å². The van der Waals surface area contributed by atoms with E-state index in [1.165, 1.54) is 4.90 Å². The maximum Gasteiger partial charge on any atom is 0.270 e. The van der Waals surface area contributed by atoms with Gasteiger partial charge in [0.05, 0.1) is 18.9 Å². The fraction of sp³-hybridized carbons (Fsp3) is 0.261. The summed E-state index contributed by atoms with van der Waals surface area (Å²) in [5.74, 6) is 0.761. The van der Waals surface area contributed by atoms with Gasteiger partial charge in [-0.15, -0.1) is 0 Å². The first-order valence-electron chi connectivity index (χ1n) is 9.76. The number of rotatable bonds is 7. The Morgan fingerprint density at radius 3 is 2.47 bits per heavy atom. The van der Waals surface area contributed by atoms with Gasteiger partial charge in [-0.2, -0.15) is 0 Å². The molecule has 3 rings (SSSR count). The molecule has 0 aromatic heterocycles. The second-order valence-corrected chi connectivity index (χ2v) is 7.55. The van der Waals surface area contributed by atoms with Crippen molar-refractivity contribution < 1.29 is 19.1 Å². The summed E-state index contributed by atoms with van der Waals surface area (Å²) in [5, 5.41) is 2.62. The number of benzene rings is 2. The molecule has 6 nitrogen and oxygen atoms in total. The number of nitrogens with zero attached hydrogens (tertiary/aromatic N) is 1. The maximum atomic E-state index is 13.1. The van der Waals surface area contributed by atoms with Gasteiger partial charge in [-0.3, -0.25) is 19.8 Å². The van der Waals surface area contributed by atoms with Gasteiger partial charge in [-0.05, 0) is 61.0 Å². The minimum absolute atomic E-state index is 0.00117. The Kier molecular flexibility index (Phi) is 6.84. The molecule has 0 spiro atoms. The molecule has 1 aliphatic rings. The highest BCUT2D eigenvalue weighted by molar-refractivity contribution is 7.80. The number of nitrogens with one attached hydrogen (secondary N) is 1. The summed E-state index contributed by atoms with van der Waals surface area (Å²) in [4.78, 5) is 26.9. The van der Waals surface area contributed by atoms with Crippen molar-refractivity contribution >= 4 is 40.9 Å². The van der Waals surface area contributed by atoms with Crippen molar-refractivity contribution in [3.8, 4) is 11.5 Å². The minimum atomic E-state index is -0.526. The summed E-state index contributed by atoms with van der Waals surface area (Å²) in [6.07, 6.45) is 1.55. The quantitative estimate of drug-likeness (QED) is 0.414. The second-order valence-electron chi connectivity index (χ2n) is 7.16. The zero-order chi connectivity index (χ0) is 21.7. The Hall–Kier alpha value is -3.19. The summed E-state index contributed by atoms with van der Waals surface area (Å²) in [7, 11) is 0. The van der Waals surface area contributed by atoms with Crippen molar-refractivity contribution in [1.29, 1.82) is 0 Å². The Bertz CT molecular complexity index is 983. The van der Waals surface area contributed by atoms with Crippen LogP contribution in [0.1, 0.15) is 26.3 Å². The van der Waals surface area contributed by atoms with Gasteiger partial charge in [0.2, 0.25) is 0 Å². The van der Waals surface area contributed by atoms with Gasteiger partial charge in [-0.25, -0.2) is 0 Å². The molecule has 1 saturated heterocycles. The number of anilines is 1. The van der Waals surface area contributed by atoms with Gasteiger partial charge >= 0.3 is 0 Å². The van der Waals surface area contributed by atoms with Crippen LogP contribution in [0, 0.1) is 5.92 Å². The van der Waals surface area contributed by atoms with E-state index in [0.29, 0.717) is 36.1 Å². The third kappa shape index (κ3) is 5.04. The van der Waals surface area contributed by atoms with Gasteiger partial charge in [-0.1, -0.05) is 32.0 Å². The van der Waals surface area contributed by atoms with Crippen LogP contribution in [0.5, 0.6) is 11.5 Å². The van der Waals surface area contributed by atoms with E-state index in [2.05, 4.69) is 19.2 Å². The molecule has 0 bridgehead atoms. The molecule has 156 valence electrons. The highest BCUT2D eigenvalue weighted by Gasteiger charge is 2.34. The predicted octanol–water partition coefficient (Wildman–Crippen LogP) is 3.95. The molecule has 0 aliphatic carbocycles. The molecule has 0 saturated carbocycles. The van der Waals surface area contributed by atoms with Gasteiger partial charge in [0.1, 0.15) is 17.1 Å². The van der Waals surface area contributed by atoms with Crippen LogP contribution in [0.2, 0.25) is 0 Å². The third-order valence-electron chi connectivity index (χ3n) is 4.26. The monoisotopic (exact) mass is 424 g/mol. The van der Waals surface area contributed by atoms with Crippen LogP contribution in [0.3, 0.4) is 0 Å².